The van der Waals surface area contributed by atoms with Gasteiger partial charge in [-0.25, -0.2) is 0 Å². The summed E-state index contributed by atoms with van der Waals surface area (Å²) in [5.74, 6) is -0.122. The first-order valence-corrected chi connectivity index (χ1v) is 8.76. The Hall–Kier alpha value is -2.59. The van der Waals surface area contributed by atoms with Crippen LogP contribution in [0, 0.1) is 0 Å². The largest absolute Gasteiger partial charge is 0.491 e. The monoisotopic (exact) mass is 398 g/mol. The first kappa shape index (κ1) is 20.2. The number of H-pyrrole nitrogens is 1. The number of nitrogens with one attached hydrogen (secondary N) is 2. The minimum atomic E-state index is -4.41. The fraction of sp³-hybridized carbons (Fsp3) is 0.444. The van der Waals surface area contributed by atoms with Crippen molar-refractivity contribution in [2.45, 2.75) is 25.2 Å². The predicted octanol–water partition coefficient (Wildman–Crippen LogP) is 1.59. The van der Waals surface area contributed by atoms with Gasteiger partial charge in [0.15, 0.2) is 5.69 Å². The molecule has 1 aromatic heterocycles. The van der Waals surface area contributed by atoms with Crippen molar-refractivity contribution < 1.29 is 27.8 Å². The number of carbonyl (C=O) groups excluding carboxylic acids is 1. The molecule has 0 spiro atoms. The number of ether oxygens (including phenoxy) is 1. The second-order valence-corrected chi connectivity index (χ2v) is 6.63. The van der Waals surface area contributed by atoms with Gasteiger partial charge in [-0.15, -0.1) is 0 Å². The van der Waals surface area contributed by atoms with Gasteiger partial charge in [-0.1, -0.05) is 0 Å². The molecule has 7 nitrogen and oxygen atoms in total. The number of fused-ring (bicyclic) bond motifs is 1. The van der Waals surface area contributed by atoms with Crippen molar-refractivity contribution in [1.82, 2.24) is 20.4 Å². The number of alkyl halides is 3. The molecule has 1 aromatic carbocycles. The number of halogens is 3. The van der Waals surface area contributed by atoms with Crippen molar-refractivity contribution in [2.24, 2.45) is 0 Å². The van der Waals surface area contributed by atoms with Crippen LogP contribution in [0.3, 0.4) is 0 Å². The molecule has 2 heterocycles. The van der Waals surface area contributed by atoms with Gasteiger partial charge in [0.25, 0.3) is 5.91 Å². The summed E-state index contributed by atoms with van der Waals surface area (Å²) in [6.07, 6.45) is -4.66. The van der Waals surface area contributed by atoms with Crippen LogP contribution in [0.15, 0.2) is 24.3 Å². The standard InChI is InChI=1S/C18H21F3N4O3/c1-25(17(27)16-14-8-22-7-6-15(14)23-24-16)9-12(26)10-28-13-4-2-11(3-5-13)18(19,20)21/h2-5,12,22,26H,6-10H2,1H3,(H,23,24). The van der Waals surface area contributed by atoms with Gasteiger partial charge >= 0.3 is 6.18 Å². The topological polar surface area (TPSA) is 90.5 Å². The Morgan fingerprint density at radius 1 is 1.36 bits per heavy atom. The average Bonchev–Trinajstić information content (AvgIpc) is 3.09. The molecule has 0 radical (unpaired) electrons. The number of likely N-dealkylation sites (N-methyl/N-ethyl adjacent to an activating group) is 1. The first-order valence-electron chi connectivity index (χ1n) is 8.76. The van der Waals surface area contributed by atoms with Gasteiger partial charge in [-0.05, 0) is 24.3 Å². The summed E-state index contributed by atoms with van der Waals surface area (Å²) in [6, 6.07) is 4.19. The molecule has 0 saturated carbocycles. The number of aromatic nitrogens is 2. The maximum atomic E-state index is 12.6. The van der Waals surface area contributed by atoms with Crippen LogP contribution in [0.25, 0.3) is 0 Å². The number of hydrogen-bond acceptors (Lipinski definition) is 5. The van der Waals surface area contributed by atoms with Crippen molar-refractivity contribution in [3.05, 3.63) is 46.8 Å². The van der Waals surface area contributed by atoms with Crippen molar-refractivity contribution in [1.29, 1.82) is 0 Å². The zero-order valence-electron chi connectivity index (χ0n) is 15.2. The number of aromatic amines is 1. The molecular formula is C18H21F3N4O3. The van der Waals surface area contributed by atoms with Crippen LogP contribution in [0.5, 0.6) is 5.75 Å². The van der Waals surface area contributed by atoms with E-state index < -0.39 is 17.8 Å². The van der Waals surface area contributed by atoms with Crippen LogP contribution in [0.4, 0.5) is 13.2 Å². The molecule has 2 aromatic rings. The fourth-order valence-corrected chi connectivity index (χ4v) is 2.97. The molecule has 1 unspecified atom stereocenters. The lowest BCUT2D eigenvalue weighted by atomic mass is 10.1. The summed E-state index contributed by atoms with van der Waals surface area (Å²) in [7, 11) is 1.54. The summed E-state index contributed by atoms with van der Waals surface area (Å²) in [5.41, 5.74) is 1.31. The molecule has 0 fully saturated rings. The van der Waals surface area contributed by atoms with Crippen LogP contribution in [-0.4, -0.2) is 59.0 Å². The SMILES string of the molecule is CN(CC(O)COc1ccc(C(F)(F)F)cc1)C(=O)c1n[nH]c2c1CNCC2. The first-order chi connectivity index (χ1) is 13.3. The highest BCUT2D eigenvalue weighted by Crippen LogP contribution is 2.30. The predicted molar refractivity (Wildman–Crippen MR) is 93.9 cm³/mol. The summed E-state index contributed by atoms with van der Waals surface area (Å²) < 4.78 is 42.9. The van der Waals surface area contributed by atoms with E-state index in [-0.39, 0.29) is 24.8 Å². The number of aliphatic hydroxyl groups excluding tert-OH is 1. The zero-order chi connectivity index (χ0) is 20.3. The number of nitrogens with zero attached hydrogens (tertiary/aromatic N) is 2. The van der Waals surface area contributed by atoms with E-state index in [1.165, 1.54) is 17.0 Å². The second kappa shape index (κ2) is 8.19. The van der Waals surface area contributed by atoms with E-state index in [1.807, 2.05) is 0 Å². The highest BCUT2D eigenvalue weighted by Gasteiger charge is 2.30. The minimum absolute atomic E-state index is 0.00543. The highest BCUT2D eigenvalue weighted by atomic mass is 19.4. The molecule has 0 bridgehead atoms. The van der Waals surface area contributed by atoms with Crippen LogP contribution >= 0.6 is 0 Å². The lowest BCUT2D eigenvalue weighted by Gasteiger charge is -2.21. The maximum absolute atomic E-state index is 12.6. The summed E-state index contributed by atoms with van der Waals surface area (Å²) in [5, 5.41) is 20.3. The van der Waals surface area contributed by atoms with E-state index in [2.05, 4.69) is 15.5 Å². The minimum Gasteiger partial charge on any atom is -0.491 e. The van der Waals surface area contributed by atoms with Crippen LogP contribution in [0.1, 0.15) is 27.3 Å². The molecule has 3 N–H and O–H groups in total. The number of benzene rings is 1. The Kier molecular flexibility index (Phi) is 5.90. The fourth-order valence-electron chi connectivity index (χ4n) is 2.97. The number of amides is 1. The third-order valence-electron chi connectivity index (χ3n) is 4.46. The molecule has 1 atom stereocenters. The Morgan fingerprint density at radius 3 is 2.75 bits per heavy atom. The molecule has 1 aliphatic heterocycles. The van der Waals surface area contributed by atoms with Crippen molar-refractivity contribution in [3.8, 4) is 5.75 Å². The average molecular weight is 398 g/mol. The summed E-state index contributed by atoms with van der Waals surface area (Å²) in [6.45, 7) is 1.21. The van der Waals surface area contributed by atoms with Gasteiger partial charge in [-0.3, -0.25) is 9.89 Å². The molecule has 0 saturated heterocycles. The van der Waals surface area contributed by atoms with Crippen molar-refractivity contribution >= 4 is 5.91 Å². The maximum Gasteiger partial charge on any atom is 0.416 e. The molecule has 1 amide bonds. The Balaban J connectivity index is 1.52. The van der Waals surface area contributed by atoms with Crippen molar-refractivity contribution in [2.75, 3.05) is 26.7 Å². The number of rotatable bonds is 6. The van der Waals surface area contributed by atoms with Crippen LogP contribution in [0.2, 0.25) is 0 Å². The lowest BCUT2D eigenvalue weighted by molar-refractivity contribution is -0.137. The third kappa shape index (κ3) is 4.63. The quantitative estimate of drug-likeness (QED) is 0.688. The van der Waals surface area contributed by atoms with Crippen LogP contribution in [-0.2, 0) is 19.1 Å². The van der Waals surface area contributed by atoms with E-state index in [0.29, 0.717) is 12.2 Å². The molecular weight excluding hydrogens is 377 g/mol. The van der Waals surface area contributed by atoms with Crippen LogP contribution < -0.4 is 10.1 Å². The van der Waals surface area contributed by atoms with E-state index >= 15 is 0 Å². The van der Waals surface area contributed by atoms with Gasteiger partial charge in [0.1, 0.15) is 18.5 Å². The third-order valence-corrected chi connectivity index (χ3v) is 4.46. The van der Waals surface area contributed by atoms with Gasteiger partial charge < -0.3 is 20.1 Å². The Morgan fingerprint density at radius 2 is 2.07 bits per heavy atom. The molecule has 152 valence electrons. The van der Waals surface area contributed by atoms with E-state index in [4.69, 9.17) is 4.74 Å². The van der Waals surface area contributed by atoms with Gasteiger partial charge in [0, 0.05) is 44.4 Å². The van der Waals surface area contributed by atoms with E-state index in [9.17, 15) is 23.1 Å². The zero-order valence-corrected chi connectivity index (χ0v) is 15.2. The second-order valence-electron chi connectivity index (χ2n) is 6.63. The van der Waals surface area contributed by atoms with Crippen molar-refractivity contribution in [3.63, 3.8) is 0 Å². The number of carbonyl (C=O) groups is 1. The van der Waals surface area contributed by atoms with Gasteiger partial charge in [0.05, 0.1) is 5.56 Å². The summed E-state index contributed by atoms with van der Waals surface area (Å²) in [4.78, 5) is 13.9. The molecule has 1 aliphatic rings. The molecule has 0 aliphatic carbocycles. The lowest BCUT2D eigenvalue weighted by Crippen LogP contribution is -2.38. The number of hydrogen-bond donors (Lipinski definition) is 3. The molecule has 3 rings (SSSR count). The van der Waals surface area contributed by atoms with E-state index in [1.54, 1.807) is 7.05 Å². The Bertz CT molecular complexity index is 820. The summed E-state index contributed by atoms with van der Waals surface area (Å²) >= 11 is 0. The van der Waals surface area contributed by atoms with Gasteiger partial charge in [0.2, 0.25) is 0 Å². The van der Waals surface area contributed by atoms with E-state index in [0.717, 1.165) is 36.4 Å². The Labute approximate surface area is 159 Å². The van der Waals surface area contributed by atoms with Gasteiger partial charge in [-0.2, -0.15) is 18.3 Å². The normalized spacial score (nSPS) is 15.0. The molecule has 10 heteroatoms. The highest BCUT2D eigenvalue weighted by molar-refractivity contribution is 5.93. The number of aliphatic hydroxyl groups is 1. The molecule has 28 heavy (non-hydrogen) atoms. The smallest absolute Gasteiger partial charge is 0.416 e.